The number of amides is 2. The zero-order valence-electron chi connectivity index (χ0n) is 15.4. The Labute approximate surface area is 165 Å². The standard InChI is InChI=1S/C20H19FN2O6/c21-14-5-3-13(4-6-14)17(24)23-15(19(26)27)12-29-20(23)7-9-22(10-8-20)18(25)16-2-1-11-28-16/h1-6,11,15H,7-10,12H2,(H,26,27)/p-1/t15-/m0/s1. The second-order valence-corrected chi connectivity index (χ2v) is 7.04. The van der Waals surface area contributed by atoms with Crippen LogP contribution in [0.25, 0.3) is 0 Å². The molecule has 2 fully saturated rings. The number of ether oxygens (including phenoxy) is 1. The van der Waals surface area contributed by atoms with Crippen molar-refractivity contribution in [3.05, 3.63) is 59.8 Å². The van der Waals surface area contributed by atoms with Gasteiger partial charge < -0.3 is 24.0 Å². The number of rotatable bonds is 3. The molecule has 2 amide bonds. The maximum Gasteiger partial charge on any atom is 0.289 e. The van der Waals surface area contributed by atoms with Crippen LogP contribution in [0, 0.1) is 5.82 Å². The van der Waals surface area contributed by atoms with Gasteiger partial charge in [-0.05, 0) is 36.4 Å². The number of piperidine rings is 1. The van der Waals surface area contributed by atoms with Crippen LogP contribution >= 0.6 is 0 Å². The molecule has 4 rings (SSSR count). The van der Waals surface area contributed by atoms with Crippen molar-refractivity contribution in [2.24, 2.45) is 0 Å². The molecule has 1 atom stereocenters. The maximum absolute atomic E-state index is 13.2. The van der Waals surface area contributed by atoms with Gasteiger partial charge in [0, 0.05) is 31.5 Å². The van der Waals surface area contributed by atoms with E-state index < -0.39 is 29.5 Å². The summed E-state index contributed by atoms with van der Waals surface area (Å²) in [5, 5.41) is 11.6. The highest BCUT2D eigenvalue weighted by atomic mass is 19.1. The number of carbonyl (C=O) groups is 3. The average molecular weight is 401 g/mol. The van der Waals surface area contributed by atoms with Gasteiger partial charge in [0.25, 0.3) is 11.8 Å². The van der Waals surface area contributed by atoms with Gasteiger partial charge in [0.1, 0.15) is 11.5 Å². The Hall–Kier alpha value is -3.20. The van der Waals surface area contributed by atoms with E-state index in [9.17, 15) is 23.9 Å². The minimum Gasteiger partial charge on any atom is -0.548 e. The van der Waals surface area contributed by atoms with Gasteiger partial charge in [0.05, 0.1) is 24.9 Å². The first kappa shape index (κ1) is 19.1. The third-order valence-electron chi connectivity index (χ3n) is 5.41. The Morgan fingerprint density at radius 1 is 1.07 bits per heavy atom. The highest BCUT2D eigenvalue weighted by Gasteiger charge is 2.52. The maximum atomic E-state index is 13.2. The fourth-order valence-electron chi connectivity index (χ4n) is 3.89. The summed E-state index contributed by atoms with van der Waals surface area (Å²) in [6.07, 6.45) is 1.87. The zero-order valence-corrected chi connectivity index (χ0v) is 15.4. The molecule has 0 saturated carbocycles. The number of halogens is 1. The molecule has 29 heavy (non-hydrogen) atoms. The molecule has 1 aromatic heterocycles. The van der Waals surface area contributed by atoms with Gasteiger partial charge >= 0.3 is 0 Å². The Balaban J connectivity index is 1.57. The molecule has 9 heteroatoms. The molecule has 152 valence electrons. The van der Waals surface area contributed by atoms with Crippen LogP contribution in [0.5, 0.6) is 0 Å². The Morgan fingerprint density at radius 3 is 2.34 bits per heavy atom. The predicted molar refractivity (Wildman–Crippen MR) is 93.9 cm³/mol. The number of carboxylic acids is 1. The Kier molecular flexibility index (Phi) is 4.83. The summed E-state index contributed by atoms with van der Waals surface area (Å²) < 4.78 is 24.2. The van der Waals surface area contributed by atoms with Crippen molar-refractivity contribution in [3.8, 4) is 0 Å². The topological polar surface area (TPSA) is 103 Å². The number of carbonyl (C=O) groups excluding carboxylic acids is 3. The van der Waals surface area contributed by atoms with E-state index in [-0.39, 0.29) is 49.8 Å². The number of nitrogens with zero attached hydrogens (tertiary/aromatic N) is 2. The predicted octanol–water partition coefficient (Wildman–Crippen LogP) is 0.642. The van der Waals surface area contributed by atoms with Crippen molar-refractivity contribution in [1.82, 2.24) is 9.80 Å². The normalized spacial score (nSPS) is 20.8. The molecule has 0 bridgehead atoms. The van der Waals surface area contributed by atoms with Gasteiger partial charge in [0.2, 0.25) is 0 Å². The average Bonchev–Trinajstić information content (AvgIpc) is 3.37. The summed E-state index contributed by atoms with van der Waals surface area (Å²) in [7, 11) is 0. The van der Waals surface area contributed by atoms with Crippen LogP contribution in [-0.2, 0) is 9.53 Å². The van der Waals surface area contributed by atoms with E-state index in [0.717, 1.165) is 12.1 Å². The zero-order chi connectivity index (χ0) is 20.6. The monoisotopic (exact) mass is 401 g/mol. The minimum absolute atomic E-state index is 0.150. The SMILES string of the molecule is O=C([O-])[C@@H]1COC2(CCN(C(=O)c3ccco3)CC2)N1C(=O)c1ccc(F)cc1. The summed E-state index contributed by atoms with van der Waals surface area (Å²) in [6.45, 7) is 0.306. The van der Waals surface area contributed by atoms with Crippen LogP contribution in [0.15, 0.2) is 47.1 Å². The van der Waals surface area contributed by atoms with Gasteiger partial charge in [-0.25, -0.2) is 4.39 Å². The van der Waals surface area contributed by atoms with E-state index in [1.165, 1.54) is 23.3 Å². The summed E-state index contributed by atoms with van der Waals surface area (Å²) in [6, 6.07) is 6.78. The number of hydrogen-bond donors (Lipinski definition) is 0. The minimum atomic E-state index is -1.42. The molecular formula is C20H18FN2O6-. The first-order valence-electron chi connectivity index (χ1n) is 9.18. The summed E-state index contributed by atoms with van der Waals surface area (Å²) in [4.78, 5) is 39.9. The van der Waals surface area contributed by atoms with Crippen molar-refractivity contribution in [1.29, 1.82) is 0 Å². The number of benzene rings is 1. The molecule has 2 aliphatic rings. The van der Waals surface area contributed by atoms with Crippen molar-refractivity contribution in [2.45, 2.75) is 24.6 Å². The Bertz CT molecular complexity index is 919. The van der Waals surface area contributed by atoms with Crippen LogP contribution in [0.2, 0.25) is 0 Å². The van der Waals surface area contributed by atoms with Gasteiger partial charge in [-0.15, -0.1) is 0 Å². The number of furan rings is 1. The molecule has 0 N–H and O–H groups in total. The summed E-state index contributed by atoms with van der Waals surface area (Å²) in [5.41, 5.74) is -1.02. The van der Waals surface area contributed by atoms with Crippen LogP contribution in [0.3, 0.4) is 0 Å². The van der Waals surface area contributed by atoms with E-state index in [1.54, 1.807) is 17.0 Å². The van der Waals surface area contributed by atoms with Crippen LogP contribution in [0.1, 0.15) is 33.8 Å². The van der Waals surface area contributed by atoms with Crippen molar-refractivity contribution < 1.29 is 33.0 Å². The lowest BCUT2D eigenvalue weighted by molar-refractivity contribution is -0.310. The number of likely N-dealkylation sites (tertiary alicyclic amines) is 1. The second kappa shape index (κ2) is 7.32. The number of aliphatic carboxylic acids is 1. The largest absolute Gasteiger partial charge is 0.548 e. The lowest BCUT2D eigenvalue weighted by atomic mass is 9.96. The lowest BCUT2D eigenvalue weighted by Gasteiger charge is -2.44. The van der Waals surface area contributed by atoms with E-state index in [0.29, 0.717) is 0 Å². The van der Waals surface area contributed by atoms with E-state index >= 15 is 0 Å². The molecular weight excluding hydrogens is 383 g/mol. The number of carboxylic acid groups (broad SMARTS) is 1. The summed E-state index contributed by atoms with van der Waals surface area (Å²) in [5.74, 6) is -2.58. The van der Waals surface area contributed by atoms with Crippen LogP contribution < -0.4 is 5.11 Å². The van der Waals surface area contributed by atoms with Crippen LogP contribution in [-0.4, -0.2) is 59.0 Å². The third-order valence-corrected chi connectivity index (χ3v) is 5.41. The van der Waals surface area contributed by atoms with Crippen molar-refractivity contribution in [2.75, 3.05) is 19.7 Å². The van der Waals surface area contributed by atoms with Gasteiger partial charge in [-0.3, -0.25) is 14.5 Å². The molecule has 2 aromatic rings. The molecule has 0 radical (unpaired) electrons. The van der Waals surface area contributed by atoms with Gasteiger partial charge in [0.15, 0.2) is 5.76 Å². The first-order chi connectivity index (χ1) is 13.9. The molecule has 0 unspecified atom stereocenters. The molecule has 1 spiro atoms. The molecule has 2 aliphatic heterocycles. The van der Waals surface area contributed by atoms with Crippen molar-refractivity contribution in [3.63, 3.8) is 0 Å². The number of hydrogen-bond acceptors (Lipinski definition) is 6. The van der Waals surface area contributed by atoms with E-state index in [2.05, 4.69) is 0 Å². The fourth-order valence-corrected chi connectivity index (χ4v) is 3.89. The fraction of sp³-hybridized carbons (Fsp3) is 0.350. The quantitative estimate of drug-likeness (QED) is 0.748. The highest BCUT2D eigenvalue weighted by molar-refractivity contribution is 5.97. The van der Waals surface area contributed by atoms with E-state index in [1.807, 2.05) is 0 Å². The van der Waals surface area contributed by atoms with Crippen molar-refractivity contribution >= 4 is 17.8 Å². The lowest BCUT2D eigenvalue weighted by Crippen LogP contribution is -2.60. The molecule has 1 aromatic carbocycles. The third kappa shape index (κ3) is 3.38. The molecule has 0 aliphatic carbocycles. The smallest absolute Gasteiger partial charge is 0.289 e. The highest BCUT2D eigenvalue weighted by Crippen LogP contribution is 2.38. The Morgan fingerprint density at radius 2 is 1.76 bits per heavy atom. The first-order valence-corrected chi connectivity index (χ1v) is 9.18. The van der Waals surface area contributed by atoms with Crippen LogP contribution in [0.4, 0.5) is 4.39 Å². The molecule has 2 saturated heterocycles. The van der Waals surface area contributed by atoms with E-state index in [4.69, 9.17) is 9.15 Å². The van der Waals surface area contributed by atoms with Gasteiger partial charge in [-0.1, -0.05) is 0 Å². The van der Waals surface area contributed by atoms with Gasteiger partial charge in [-0.2, -0.15) is 0 Å². The molecule has 8 nitrogen and oxygen atoms in total. The molecule has 3 heterocycles. The second-order valence-electron chi connectivity index (χ2n) is 7.04. The summed E-state index contributed by atoms with van der Waals surface area (Å²) >= 11 is 0.